The molecule has 0 aliphatic heterocycles. The number of nitrogens with one attached hydrogen (secondary N) is 1. The summed E-state index contributed by atoms with van der Waals surface area (Å²) in [5.41, 5.74) is 7.02. The number of amides is 1. The number of hydrogen-bond acceptors (Lipinski definition) is 8. The summed E-state index contributed by atoms with van der Waals surface area (Å²) in [6.45, 7) is 4.84. The first kappa shape index (κ1) is 40.4. The number of unbranched alkanes of at least 4 members (excludes halogenated alkanes) is 1. The van der Waals surface area contributed by atoms with Gasteiger partial charge >= 0.3 is 0 Å². The molecule has 3 N–H and O–H groups in total. The lowest BCUT2D eigenvalue weighted by Crippen LogP contribution is -2.25. The Bertz CT molecular complexity index is 1630. The smallest absolute Gasteiger partial charge is 0.272 e. The second-order valence-electron chi connectivity index (χ2n) is 11.8. The van der Waals surface area contributed by atoms with E-state index in [1.165, 1.54) is 6.33 Å². The fourth-order valence-electron chi connectivity index (χ4n) is 4.81. The molecule has 0 aliphatic carbocycles. The number of hydrogen-bond donors (Lipinski definition) is 2. The summed E-state index contributed by atoms with van der Waals surface area (Å²) in [6.07, 6.45) is 32.0. The van der Waals surface area contributed by atoms with Crippen LogP contribution in [0.2, 0.25) is 5.02 Å². The third-order valence-corrected chi connectivity index (χ3v) is 9.79. The molecule has 2 atom stereocenters. The van der Waals surface area contributed by atoms with E-state index in [0.29, 0.717) is 53.7 Å². The zero-order chi connectivity index (χ0) is 35.9. The van der Waals surface area contributed by atoms with Crippen molar-refractivity contribution in [1.82, 2.24) is 24.8 Å². The molecule has 2 aromatic heterocycles. The van der Waals surface area contributed by atoms with Crippen LogP contribution in [0, 0.1) is 0 Å². The molecule has 2 heterocycles. The number of carbonyl (C=O) groups excluding carboxylic acids is 1. The third kappa shape index (κ3) is 16.2. The maximum absolute atomic E-state index is 14.0. The number of ether oxygens (including phenoxy) is 1. The fraction of sp³-hybridized carbons (Fsp3) is 0.421. The molecule has 0 radical (unpaired) electrons. The van der Waals surface area contributed by atoms with E-state index in [2.05, 4.69) is 88.0 Å². The van der Waals surface area contributed by atoms with Crippen LogP contribution in [0.5, 0.6) is 5.75 Å². The first-order valence-corrected chi connectivity index (χ1v) is 19.7. The molecule has 50 heavy (non-hydrogen) atoms. The van der Waals surface area contributed by atoms with Crippen LogP contribution in [-0.2, 0) is 20.6 Å². The van der Waals surface area contributed by atoms with Gasteiger partial charge in [-0.3, -0.25) is 9.36 Å². The lowest BCUT2D eigenvalue weighted by atomic mass is 10.2. The maximum Gasteiger partial charge on any atom is 0.272 e. The number of allylic oxidation sites excluding steroid dienone is 10. The number of carbonyl (C=O) groups is 1. The molecule has 1 amide bonds. The van der Waals surface area contributed by atoms with Gasteiger partial charge in [-0.25, -0.2) is 15.0 Å². The van der Waals surface area contributed by atoms with Gasteiger partial charge in [-0.15, -0.1) is 0 Å². The van der Waals surface area contributed by atoms with Gasteiger partial charge in [-0.1, -0.05) is 79.3 Å². The quantitative estimate of drug-likeness (QED) is 0.0531. The minimum absolute atomic E-state index is 0.0207. The number of nitrogens with zero attached hydrogens (tertiary/aromatic N) is 4. The van der Waals surface area contributed by atoms with Crippen LogP contribution in [-0.4, -0.2) is 50.6 Å². The molecule has 0 bridgehead atoms. The van der Waals surface area contributed by atoms with E-state index in [1.54, 1.807) is 30.6 Å². The largest absolute Gasteiger partial charge is 0.441 e. The molecule has 3 aromatic rings. The summed E-state index contributed by atoms with van der Waals surface area (Å²) in [5, 5.41) is 3.50. The zero-order valence-electron chi connectivity index (χ0n) is 29.3. The highest BCUT2D eigenvalue weighted by Crippen LogP contribution is 2.48. The van der Waals surface area contributed by atoms with Crippen molar-refractivity contribution in [2.75, 3.05) is 24.8 Å². The maximum atomic E-state index is 14.0. The van der Waals surface area contributed by atoms with E-state index >= 15 is 0 Å². The van der Waals surface area contributed by atoms with Crippen LogP contribution in [0.15, 0.2) is 97.7 Å². The molecule has 0 fully saturated rings. The summed E-state index contributed by atoms with van der Waals surface area (Å²) in [6, 6.07) is 6.73. The lowest BCUT2D eigenvalue weighted by Gasteiger charge is -2.22. The van der Waals surface area contributed by atoms with Crippen molar-refractivity contribution in [2.24, 2.45) is 0 Å². The van der Waals surface area contributed by atoms with Gasteiger partial charge in [0.15, 0.2) is 11.5 Å². The Morgan fingerprint density at radius 2 is 1.58 bits per heavy atom. The summed E-state index contributed by atoms with van der Waals surface area (Å²) in [4.78, 5) is 24.9. The highest BCUT2D eigenvalue weighted by molar-refractivity contribution is 7.59. The molecule has 270 valence electrons. The number of benzene rings is 1. The van der Waals surface area contributed by atoms with Crippen molar-refractivity contribution < 1.29 is 18.6 Å². The second-order valence-corrected chi connectivity index (χ2v) is 14.8. The van der Waals surface area contributed by atoms with Crippen molar-refractivity contribution >= 4 is 41.9 Å². The standard InChI is InChI=1S/C38H52ClN6O4P/c1-3-4-5-6-7-8-9-10-11-12-13-14-15-16-17-18-19-21-35(46)41-26-20-27-50(47,49-34-24-22-33(39)23-25-34)31-48-32(2)28-45-30-44-36-37(40)42-29-43-38(36)45/h4-5,7-8,10-11,13-14,16-17,22-25,29-30,32H,3,6,9,12,15,18-21,26-28,31H2,1-2H3,(H,41,46)(H2,40,42,43)/b5-4-,8-7-,11-10-,14-13-,17-16-/t32-,50?/m1/s1. The van der Waals surface area contributed by atoms with Crippen LogP contribution in [0.1, 0.15) is 71.6 Å². The van der Waals surface area contributed by atoms with E-state index in [4.69, 9.17) is 26.6 Å². The van der Waals surface area contributed by atoms with Crippen molar-refractivity contribution in [2.45, 2.75) is 84.3 Å². The number of imidazole rings is 1. The number of aromatic nitrogens is 4. The molecule has 1 unspecified atom stereocenters. The van der Waals surface area contributed by atoms with Crippen LogP contribution >= 0.6 is 19.0 Å². The Morgan fingerprint density at radius 1 is 0.940 bits per heavy atom. The normalized spacial score (nSPS) is 14.1. The number of rotatable bonds is 24. The fourth-order valence-corrected chi connectivity index (χ4v) is 6.84. The molecule has 0 saturated heterocycles. The van der Waals surface area contributed by atoms with Gasteiger partial charge in [-0.05, 0) is 82.6 Å². The molecule has 3 rings (SSSR count). The topological polar surface area (TPSA) is 134 Å². The predicted octanol–water partition coefficient (Wildman–Crippen LogP) is 9.21. The summed E-state index contributed by atoms with van der Waals surface area (Å²) in [7, 11) is -3.28. The van der Waals surface area contributed by atoms with Gasteiger partial charge in [0.1, 0.15) is 23.9 Å². The van der Waals surface area contributed by atoms with Gasteiger partial charge in [-0.2, -0.15) is 0 Å². The van der Waals surface area contributed by atoms with Crippen LogP contribution in [0.25, 0.3) is 11.2 Å². The highest BCUT2D eigenvalue weighted by Gasteiger charge is 2.26. The Hall–Kier alpha value is -3.98. The number of nitrogen functional groups attached to an aromatic ring is 1. The summed E-state index contributed by atoms with van der Waals surface area (Å²) in [5.74, 6) is 0.731. The number of halogens is 1. The van der Waals surface area contributed by atoms with E-state index in [9.17, 15) is 9.36 Å². The second kappa shape index (κ2) is 23.4. The first-order valence-electron chi connectivity index (χ1n) is 17.4. The monoisotopic (exact) mass is 722 g/mol. The summed E-state index contributed by atoms with van der Waals surface area (Å²) >= 11 is 6.02. The van der Waals surface area contributed by atoms with Crippen LogP contribution in [0.3, 0.4) is 0 Å². The van der Waals surface area contributed by atoms with E-state index in [0.717, 1.165) is 44.9 Å². The first-order chi connectivity index (χ1) is 24.3. The third-order valence-electron chi connectivity index (χ3n) is 7.45. The molecule has 0 saturated carbocycles. The van der Waals surface area contributed by atoms with Crippen LogP contribution in [0.4, 0.5) is 5.82 Å². The molecular formula is C38H52ClN6O4P. The van der Waals surface area contributed by atoms with Gasteiger partial charge in [0, 0.05) is 24.2 Å². The molecule has 0 spiro atoms. The van der Waals surface area contributed by atoms with Gasteiger partial charge in [0.2, 0.25) is 5.91 Å². The molecule has 12 heteroatoms. The predicted molar refractivity (Wildman–Crippen MR) is 206 cm³/mol. The van der Waals surface area contributed by atoms with Crippen molar-refractivity contribution in [3.63, 3.8) is 0 Å². The number of anilines is 1. The Labute approximate surface area is 302 Å². The molecule has 1 aromatic carbocycles. The Balaban J connectivity index is 1.33. The van der Waals surface area contributed by atoms with Crippen molar-refractivity contribution in [1.29, 1.82) is 0 Å². The van der Waals surface area contributed by atoms with Crippen molar-refractivity contribution in [3.8, 4) is 5.75 Å². The SMILES string of the molecule is CC/C=C\C/C=C\C/C=C\C/C=C\C/C=C\CCCC(=O)NCCCP(=O)(CO[C@H](C)Cn1cnc2c(N)ncnc21)Oc1ccc(Cl)cc1. The van der Waals surface area contributed by atoms with E-state index in [-0.39, 0.29) is 24.5 Å². The van der Waals surface area contributed by atoms with Gasteiger partial charge < -0.3 is 24.9 Å². The average molecular weight is 723 g/mol. The Morgan fingerprint density at radius 3 is 2.24 bits per heavy atom. The van der Waals surface area contributed by atoms with Gasteiger partial charge in [0.05, 0.1) is 19.0 Å². The molecular weight excluding hydrogens is 671 g/mol. The van der Waals surface area contributed by atoms with Crippen molar-refractivity contribution in [3.05, 3.63) is 103 Å². The zero-order valence-corrected chi connectivity index (χ0v) is 31.0. The van der Waals surface area contributed by atoms with Gasteiger partial charge in [0.25, 0.3) is 7.37 Å². The Kier molecular flexibility index (Phi) is 19.0. The number of nitrogens with two attached hydrogens (primary N) is 1. The highest BCUT2D eigenvalue weighted by atomic mass is 35.5. The lowest BCUT2D eigenvalue weighted by molar-refractivity contribution is -0.121. The minimum atomic E-state index is -3.28. The minimum Gasteiger partial charge on any atom is -0.441 e. The summed E-state index contributed by atoms with van der Waals surface area (Å²) < 4.78 is 27.8. The average Bonchev–Trinajstić information content (AvgIpc) is 3.52. The van der Waals surface area contributed by atoms with Crippen LogP contribution < -0.4 is 15.6 Å². The van der Waals surface area contributed by atoms with E-state index < -0.39 is 7.37 Å². The molecule has 10 nitrogen and oxygen atoms in total. The molecule has 0 aliphatic rings. The number of fused-ring (bicyclic) bond motifs is 1. The van der Waals surface area contributed by atoms with E-state index in [1.807, 2.05) is 11.5 Å².